The van der Waals surface area contributed by atoms with E-state index in [1.54, 1.807) is 48.0 Å². The molecule has 4 rings (SSSR count). The molecule has 0 radical (unpaired) electrons. The first-order valence-electron chi connectivity index (χ1n) is 10.8. The highest BCUT2D eigenvalue weighted by molar-refractivity contribution is 5.94. The van der Waals surface area contributed by atoms with Gasteiger partial charge in [0.2, 0.25) is 0 Å². The van der Waals surface area contributed by atoms with Crippen LogP contribution in [0, 0.1) is 26.6 Å². The first-order valence-corrected chi connectivity index (χ1v) is 10.8. The van der Waals surface area contributed by atoms with Gasteiger partial charge in [0, 0.05) is 17.1 Å². The largest absolute Gasteiger partial charge is 0.478 e. The van der Waals surface area contributed by atoms with Crippen molar-refractivity contribution in [1.82, 2.24) is 20.0 Å². The molecule has 0 fully saturated rings. The number of hydrogen-bond acceptors (Lipinski definition) is 6. The summed E-state index contributed by atoms with van der Waals surface area (Å²) >= 11 is 0. The molecule has 2 heterocycles. The minimum Gasteiger partial charge on any atom is -0.478 e. The monoisotopic (exact) mass is 460 g/mol. The van der Waals surface area contributed by atoms with Crippen molar-refractivity contribution in [3.05, 3.63) is 83.4 Å². The van der Waals surface area contributed by atoms with Crippen LogP contribution in [0.15, 0.2) is 60.7 Å². The van der Waals surface area contributed by atoms with Crippen molar-refractivity contribution in [2.24, 2.45) is 0 Å². The van der Waals surface area contributed by atoms with E-state index in [-0.39, 0.29) is 11.7 Å². The first-order chi connectivity index (χ1) is 16.3. The van der Waals surface area contributed by atoms with Gasteiger partial charge in [-0.05, 0) is 81.8 Å². The molecular formula is C25H25FN6O2. The van der Waals surface area contributed by atoms with Gasteiger partial charge in [-0.2, -0.15) is 5.10 Å². The second-order valence-corrected chi connectivity index (χ2v) is 7.87. The minimum atomic E-state index is -0.866. The average molecular weight is 461 g/mol. The van der Waals surface area contributed by atoms with Crippen molar-refractivity contribution in [1.29, 1.82) is 0 Å². The highest BCUT2D eigenvalue weighted by Gasteiger charge is 2.16. The molecule has 1 amide bonds. The van der Waals surface area contributed by atoms with Crippen LogP contribution in [0.3, 0.4) is 0 Å². The summed E-state index contributed by atoms with van der Waals surface area (Å²) in [5.41, 5.74) is 4.48. The van der Waals surface area contributed by atoms with E-state index in [1.807, 2.05) is 32.9 Å². The third-order valence-electron chi connectivity index (χ3n) is 5.46. The van der Waals surface area contributed by atoms with Gasteiger partial charge in [-0.25, -0.2) is 9.07 Å². The number of carbonyl (C=O) groups is 1. The standard InChI is InChI=1S/C25H25FN6O2/c1-15-16(2)31-32(17(15)3)24-14-13-23(29-30-24)27-19-9-11-20(12-10-19)28-25(33)18(4)34-22-8-6-5-7-21(22)26/h5-14,18H,1-4H3,(H,27,29)(H,28,33). The molecule has 8 nitrogen and oxygen atoms in total. The fraction of sp³-hybridized carbons (Fsp3) is 0.200. The molecule has 0 spiro atoms. The molecule has 1 unspecified atom stereocenters. The number of amides is 1. The van der Waals surface area contributed by atoms with Crippen LogP contribution in [0.25, 0.3) is 5.82 Å². The molecule has 0 aliphatic carbocycles. The molecule has 2 aromatic heterocycles. The molecule has 4 aromatic rings. The van der Waals surface area contributed by atoms with Crippen LogP contribution < -0.4 is 15.4 Å². The number of halogens is 1. The molecular weight excluding hydrogens is 435 g/mol. The number of rotatable bonds is 7. The van der Waals surface area contributed by atoms with Gasteiger partial charge < -0.3 is 15.4 Å². The molecule has 9 heteroatoms. The number of aromatic nitrogens is 4. The van der Waals surface area contributed by atoms with E-state index in [4.69, 9.17) is 4.74 Å². The zero-order valence-corrected chi connectivity index (χ0v) is 19.3. The van der Waals surface area contributed by atoms with Gasteiger partial charge in [0.05, 0.1) is 5.69 Å². The average Bonchev–Trinajstić information content (AvgIpc) is 3.09. The van der Waals surface area contributed by atoms with Gasteiger partial charge in [-0.15, -0.1) is 10.2 Å². The predicted octanol–water partition coefficient (Wildman–Crippen LogP) is 4.88. The Bertz CT molecular complexity index is 1300. The second kappa shape index (κ2) is 9.70. The minimum absolute atomic E-state index is 0.0322. The smallest absolute Gasteiger partial charge is 0.265 e. The third kappa shape index (κ3) is 5.03. The van der Waals surface area contributed by atoms with E-state index in [0.717, 1.165) is 22.6 Å². The van der Waals surface area contributed by atoms with E-state index in [1.165, 1.54) is 12.1 Å². The number of ether oxygens (including phenoxy) is 1. The highest BCUT2D eigenvalue weighted by Crippen LogP contribution is 2.21. The highest BCUT2D eigenvalue weighted by atomic mass is 19.1. The number of nitrogens with zero attached hydrogens (tertiary/aromatic N) is 4. The molecule has 0 bridgehead atoms. The van der Waals surface area contributed by atoms with Crippen molar-refractivity contribution < 1.29 is 13.9 Å². The maximum atomic E-state index is 13.7. The Labute approximate surface area is 196 Å². The number of benzene rings is 2. The zero-order chi connectivity index (χ0) is 24.2. The lowest BCUT2D eigenvalue weighted by molar-refractivity contribution is -0.122. The number of anilines is 3. The Morgan fingerprint density at radius 1 is 0.971 bits per heavy atom. The number of nitrogens with one attached hydrogen (secondary N) is 2. The summed E-state index contributed by atoms with van der Waals surface area (Å²) in [5.74, 6) is 0.350. The normalized spacial score (nSPS) is 11.7. The molecule has 2 N–H and O–H groups in total. The molecule has 34 heavy (non-hydrogen) atoms. The maximum absolute atomic E-state index is 13.7. The van der Waals surface area contributed by atoms with Gasteiger partial charge in [0.1, 0.15) is 0 Å². The predicted molar refractivity (Wildman–Crippen MR) is 128 cm³/mol. The number of carbonyl (C=O) groups excluding carboxylic acids is 1. The van der Waals surface area contributed by atoms with Crippen molar-refractivity contribution in [3.8, 4) is 11.6 Å². The summed E-state index contributed by atoms with van der Waals surface area (Å²) in [5, 5.41) is 18.9. The van der Waals surface area contributed by atoms with Crippen LogP contribution in [0.2, 0.25) is 0 Å². The van der Waals surface area contributed by atoms with Gasteiger partial charge in [-0.3, -0.25) is 4.79 Å². The Hall–Kier alpha value is -4.27. The molecule has 2 aromatic carbocycles. The maximum Gasteiger partial charge on any atom is 0.265 e. The molecule has 1 atom stereocenters. The Balaban J connectivity index is 1.36. The lowest BCUT2D eigenvalue weighted by Gasteiger charge is -2.15. The summed E-state index contributed by atoms with van der Waals surface area (Å²) in [6, 6.07) is 16.7. The number of para-hydroxylation sites is 1. The van der Waals surface area contributed by atoms with Gasteiger partial charge >= 0.3 is 0 Å². The van der Waals surface area contributed by atoms with Gasteiger partial charge in [-0.1, -0.05) is 12.1 Å². The van der Waals surface area contributed by atoms with Crippen molar-refractivity contribution in [3.63, 3.8) is 0 Å². The van der Waals surface area contributed by atoms with E-state index < -0.39 is 11.9 Å². The Morgan fingerprint density at radius 3 is 2.29 bits per heavy atom. The summed E-state index contributed by atoms with van der Waals surface area (Å²) in [6.07, 6.45) is -0.866. The SMILES string of the molecule is Cc1nn(-c2ccc(Nc3ccc(NC(=O)C(C)Oc4ccccc4F)cc3)nn2)c(C)c1C. The summed E-state index contributed by atoms with van der Waals surface area (Å²) in [6.45, 7) is 7.55. The van der Waals surface area contributed by atoms with Crippen LogP contribution >= 0.6 is 0 Å². The molecule has 0 saturated heterocycles. The molecule has 0 aliphatic heterocycles. The van der Waals surface area contributed by atoms with Gasteiger partial charge in [0.15, 0.2) is 29.3 Å². The van der Waals surface area contributed by atoms with E-state index in [0.29, 0.717) is 17.3 Å². The fourth-order valence-electron chi connectivity index (χ4n) is 3.26. The lowest BCUT2D eigenvalue weighted by atomic mass is 10.2. The lowest BCUT2D eigenvalue weighted by Crippen LogP contribution is -2.30. The zero-order valence-electron chi connectivity index (χ0n) is 19.3. The van der Waals surface area contributed by atoms with E-state index >= 15 is 0 Å². The molecule has 0 aliphatic rings. The molecule has 0 saturated carbocycles. The van der Waals surface area contributed by atoms with E-state index in [2.05, 4.69) is 25.9 Å². The molecule has 174 valence electrons. The number of hydrogen-bond donors (Lipinski definition) is 2. The van der Waals surface area contributed by atoms with Crippen LogP contribution in [0.4, 0.5) is 21.6 Å². The van der Waals surface area contributed by atoms with Crippen LogP contribution in [-0.2, 0) is 4.79 Å². The quantitative estimate of drug-likeness (QED) is 0.408. The topological polar surface area (TPSA) is 94.0 Å². The second-order valence-electron chi connectivity index (χ2n) is 7.87. The summed E-state index contributed by atoms with van der Waals surface area (Å²) in [4.78, 5) is 12.4. The van der Waals surface area contributed by atoms with Gasteiger partial charge in [0.25, 0.3) is 5.91 Å². The van der Waals surface area contributed by atoms with Crippen molar-refractivity contribution >= 4 is 23.1 Å². The number of aryl methyl sites for hydroxylation is 1. The Kier molecular flexibility index (Phi) is 6.53. The van der Waals surface area contributed by atoms with E-state index in [9.17, 15) is 9.18 Å². The first kappa shape index (κ1) is 22.9. The summed E-state index contributed by atoms with van der Waals surface area (Å²) in [7, 11) is 0. The fourth-order valence-corrected chi connectivity index (χ4v) is 3.26. The Morgan fingerprint density at radius 2 is 1.68 bits per heavy atom. The van der Waals surface area contributed by atoms with Crippen molar-refractivity contribution in [2.45, 2.75) is 33.8 Å². The van der Waals surface area contributed by atoms with Crippen LogP contribution in [-0.4, -0.2) is 32.0 Å². The third-order valence-corrected chi connectivity index (χ3v) is 5.46. The van der Waals surface area contributed by atoms with Crippen LogP contribution in [0.1, 0.15) is 23.9 Å². The van der Waals surface area contributed by atoms with Crippen LogP contribution in [0.5, 0.6) is 5.75 Å². The van der Waals surface area contributed by atoms with Crippen molar-refractivity contribution in [2.75, 3.05) is 10.6 Å². The summed E-state index contributed by atoms with van der Waals surface area (Å²) < 4.78 is 20.9.